The molecular formula is C30H29N3O3. The third-order valence-electron chi connectivity index (χ3n) is 6.78. The highest BCUT2D eigenvalue weighted by Crippen LogP contribution is 2.50. The van der Waals surface area contributed by atoms with Crippen molar-refractivity contribution in [1.82, 2.24) is 0 Å². The van der Waals surface area contributed by atoms with Crippen LogP contribution in [0.3, 0.4) is 0 Å². The molecule has 1 aliphatic rings. The van der Waals surface area contributed by atoms with Gasteiger partial charge in [0, 0.05) is 37.0 Å². The number of nitro benzene ring substituents is 1. The Kier molecular flexibility index (Phi) is 5.98. The summed E-state index contributed by atoms with van der Waals surface area (Å²) < 4.78 is 7.03. The quantitative estimate of drug-likeness (QED) is 0.254. The van der Waals surface area contributed by atoms with E-state index in [1.807, 2.05) is 24.3 Å². The molecule has 0 aliphatic carbocycles. The van der Waals surface area contributed by atoms with Crippen LogP contribution in [-0.4, -0.2) is 19.0 Å². The number of para-hydroxylation sites is 1. The first kappa shape index (κ1) is 23.6. The maximum atomic E-state index is 11.9. The Bertz CT molecular complexity index is 1370. The topological polar surface area (TPSA) is 67.6 Å². The highest BCUT2D eigenvalue weighted by atomic mass is 16.6. The lowest BCUT2D eigenvalue weighted by molar-refractivity contribution is -0.384. The molecule has 5 rings (SSSR count). The maximum absolute atomic E-state index is 11.9. The molecule has 1 unspecified atom stereocenters. The number of fused-ring (bicyclic) bond motifs is 1. The molecule has 4 aromatic carbocycles. The van der Waals surface area contributed by atoms with E-state index in [0.29, 0.717) is 11.3 Å². The van der Waals surface area contributed by atoms with Crippen LogP contribution in [0.25, 0.3) is 0 Å². The van der Waals surface area contributed by atoms with Gasteiger partial charge in [0.1, 0.15) is 11.3 Å². The Hall–Kier alpha value is -4.16. The first-order valence-corrected chi connectivity index (χ1v) is 11.9. The van der Waals surface area contributed by atoms with Crippen molar-refractivity contribution in [1.29, 1.82) is 0 Å². The van der Waals surface area contributed by atoms with Crippen LogP contribution in [0, 0.1) is 24.0 Å². The van der Waals surface area contributed by atoms with Gasteiger partial charge in [-0.3, -0.25) is 10.1 Å². The fourth-order valence-electron chi connectivity index (χ4n) is 4.90. The van der Waals surface area contributed by atoms with Crippen LogP contribution in [0.1, 0.15) is 39.6 Å². The summed E-state index contributed by atoms with van der Waals surface area (Å²) in [6.07, 6.45) is -0.614. The predicted molar refractivity (Wildman–Crippen MR) is 144 cm³/mol. The first-order valence-electron chi connectivity index (χ1n) is 11.9. The summed E-state index contributed by atoms with van der Waals surface area (Å²) in [5.41, 5.74) is 6.58. The van der Waals surface area contributed by atoms with E-state index in [4.69, 9.17) is 4.74 Å². The highest BCUT2D eigenvalue weighted by molar-refractivity contribution is 5.67. The van der Waals surface area contributed by atoms with Gasteiger partial charge in [-0.05, 0) is 37.1 Å². The van der Waals surface area contributed by atoms with Gasteiger partial charge in [0.25, 0.3) is 5.69 Å². The lowest BCUT2D eigenvalue weighted by Gasteiger charge is -2.44. The summed E-state index contributed by atoms with van der Waals surface area (Å²) in [6.45, 7) is 4.13. The van der Waals surface area contributed by atoms with Crippen LogP contribution in [0.2, 0.25) is 0 Å². The minimum absolute atomic E-state index is 0.0398. The smallest absolute Gasteiger partial charge is 0.292 e. The van der Waals surface area contributed by atoms with E-state index in [9.17, 15) is 10.1 Å². The molecule has 6 heteroatoms. The van der Waals surface area contributed by atoms with Crippen LogP contribution in [0.5, 0.6) is 0 Å². The van der Waals surface area contributed by atoms with Gasteiger partial charge < -0.3 is 15.0 Å². The third kappa shape index (κ3) is 3.99. The first-order chi connectivity index (χ1) is 17.3. The molecular weight excluding hydrogens is 450 g/mol. The van der Waals surface area contributed by atoms with E-state index in [1.54, 1.807) is 31.1 Å². The normalized spacial score (nSPS) is 16.1. The zero-order valence-electron chi connectivity index (χ0n) is 20.9. The lowest BCUT2D eigenvalue weighted by atomic mass is 9.77. The Morgan fingerprint density at radius 1 is 0.861 bits per heavy atom. The zero-order chi connectivity index (χ0) is 25.4. The molecule has 1 N–H and O–H groups in total. The highest BCUT2D eigenvalue weighted by Gasteiger charge is 2.45. The fraction of sp³-hybridized carbons (Fsp3) is 0.200. The third-order valence-corrected chi connectivity index (χ3v) is 6.78. The molecule has 4 aromatic rings. The number of rotatable bonds is 5. The minimum atomic E-state index is -0.914. The van der Waals surface area contributed by atoms with Crippen molar-refractivity contribution >= 4 is 17.1 Å². The van der Waals surface area contributed by atoms with Crippen molar-refractivity contribution < 1.29 is 9.66 Å². The number of hydrogen-bond acceptors (Lipinski definition) is 5. The summed E-state index contributed by atoms with van der Waals surface area (Å²) >= 11 is 0. The van der Waals surface area contributed by atoms with Crippen LogP contribution in [0.4, 0.5) is 17.1 Å². The lowest BCUT2D eigenvalue weighted by Crippen LogP contribution is -2.40. The molecule has 0 bridgehead atoms. The molecule has 0 saturated heterocycles. The molecule has 0 saturated carbocycles. The van der Waals surface area contributed by atoms with Crippen LogP contribution in [0.15, 0.2) is 91.0 Å². The number of nitrogens with one attached hydrogen (secondary N) is 1. The van der Waals surface area contributed by atoms with Crippen molar-refractivity contribution in [2.24, 2.45) is 0 Å². The zero-order valence-corrected chi connectivity index (χ0v) is 20.9. The Morgan fingerprint density at radius 2 is 1.44 bits per heavy atom. The predicted octanol–water partition coefficient (Wildman–Crippen LogP) is 6.71. The molecule has 0 radical (unpaired) electrons. The molecule has 1 atom stereocenters. The van der Waals surface area contributed by atoms with Gasteiger partial charge in [0.15, 0.2) is 6.23 Å². The van der Waals surface area contributed by atoms with Crippen molar-refractivity contribution in [3.8, 4) is 0 Å². The van der Waals surface area contributed by atoms with Gasteiger partial charge >= 0.3 is 0 Å². The van der Waals surface area contributed by atoms with E-state index in [-0.39, 0.29) is 10.6 Å². The number of ether oxygens (including phenoxy) is 1. The number of aryl methyl sites for hydroxylation is 2. The van der Waals surface area contributed by atoms with Gasteiger partial charge in [0.05, 0.1) is 4.92 Å². The van der Waals surface area contributed by atoms with Crippen molar-refractivity contribution in [3.63, 3.8) is 0 Å². The Morgan fingerprint density at radius 3 is 2.00 bits per heavy atom. The second-order valence-electron chi connectivity index (χ2n) is 9.50. The largest absolute Gasteiger partial charge is 0.372 e. The van der Waals surface area contributed by atoms with Gasteiger partial charge in [-0.15, -0.1) is 0 Å². The van der Waals surface area contributed by atoms with Gasteiger partial charge in [0.2, 0.25) is 0 Å². The summed E-state index contributed by atoms with van der Waals surface area (Å²) in [4.78, 5) is 13.3. The Labute approximate surface area is 211 Å². The molecule has 182 valence electrons. The summed E-state index contributed by atoms with van der Waals surface area (Å²) in [6, 6.07) is 30.2. The number of nitrogens with zero attached hydrogens (tertiary/aromatic N) is 2. The maximum Gasteiger partial charge on any atom is 0.292 e. The van der Waals surface area contributed by atoms with E-state index in [0.717, 1.165) is 33.5 Å². The molecule has 0 fully saturated rings. The van der Waals surface area contributed by atoms with E-state index in [1.165, 1.54) is 0 Å². The molecule has 1 aliphatic heterocycles. The van der Waals surface area contributed by atoms with Crippen molar-refractivity contribution in [2.45, 2.75) is 25.7 Å². The standard InChI is InChI=1S/C30H29N3O3/c1-20-9-14-23(15-10-20)30(24-16-11-21(2)12-17-24)25-7-5-6-8-26(25)31-29(36-30)22-13-18-27(32(3)4)28(19-22)33(34)35/h5-19,29,31H,1-4H3. The minimum Gasteiger partial charge on any atom is -0.372 e. The molecule has 36 heavy (non-hydrogen) atoms. The number of anilines is 2. The molecule has 0 amide bonds. The summed E-state index contributed by atoms with van der Waals surface area (Å²) in [5.74, 6) is 0. The molecule has 0 spiro atoms. The van der Waals surface area contributed by atoms with Gasteiger partial charge in [-0.25, -0.2) is 0 Å². The second kappa shape index (κ2) is 9.13. The van der Waals surface area contributed by atoms with Crippen LogP contribution >= 0.6 is 0 Å². The number of nitro groups is 1. The van der Waals surface area contributed by atoms with Crippen LogP contribution < -0.4 is 10.2 Å². The summed E-state index contributed by atoms with van der Waals surface area (Å²) in [5, 5.41) is 15.4. The monoisotopic (exact) mass is 479 g/mol. The van der Waals surface area contributed by atoms with Crippen LogP contribution in [-0.2, 0) is 10.3 Å². The average molecular weight is 480 g/mol. The number of hydrogen-bond donors (Lipinski definition) is 1. The SMILES string of the molecule is Cc1ccc(C2(c3ccc(C)cc3)OC(c3ccc(N(C)C)c([N+](=O)[O-])c3)Nc3ccccc32)cc1. The van der Waals surface area contributed by atoms with Gasteiger partial charge in [-0.1, -0.05) is 83.9 Å². The summed E-state index contributed by atoms with van der Waals surface area (Å²) in [7, 11) is 3.60. The molecule has 1 heterocycles. The fourth-order valence-corrected chi connectivity index (χ4v) is 4.90. The van der Waals surface area contributed by atoms with Crippen molar-refractivity contribution in [2.75, 3.05) is 24.3 Å². The Balaban J connectivity index is 1.74. The molecule has 6 nitrogen and oxygen atoms in total. The van der Waals surface area contributed by atoms with Crippen molar-refractivity contribution in [3.05, 3.63) is 134 Å². The van der Waals surface area contributed by atoms with Gasteiger partial charge in [-0.2, -0.15) is 0 Å². The molecule has 0 aromatic heterocycles. The number of benzene rings is 4. The van der Waals surface area contributed by atoms with E-state index < -0.39 is 11.8 Å². The second-order valence-corrected chi connectivity index (χ2v) is 9.50. The average Bonchev–Trinajstić information content (AvgIpc) is 2.88. The van der Waals surface area contributed by atoms with E-state index >= 15 is 0 Å². The van der Waals surface area contributed by atoms with E-state index in [2.05, 4.69) is 73.8 Å².